The monoisotopic (exact) mass is 333 g/mol. The highest BCUT2D eigenvalue weighted by molar-refractivity contribution is 6.33. The number of anilines is 1. The summed E-state index contributed by atoms with van der Waals surface area (Å²) in [6.07, 6.45) is 4.74. The summed E-state index contributed by atoms with van der Waals surface area (Å²) in [5.74, 6) is -0.613. The second-order valence-corrected chi connectivity index (χ2v) is 6.10. The Morgan fingerprint density at radius 2 is 1.87 bits per heavy atom. The highest BCUT2D eigenvalue weighted by Crippen LogP contribution is 2.38. The number of amides is 1. The van der Waals surface area contributed by atoms with Crippen molar-refractivity contribution in [3.05, 3.63) is 47.5 Å². The first-order valence-corrected chi connectivity index (χ1v) is 7.88. The minimum atomic E-state index is -0.285. The molecule has 0 aliphatic carbocycles. The molecule has 1 saturated heterocycles. The van der Waals surface area contributed by atoms with Crippen LogP contribution in [0.2, 0.25) is 5.02 Å². The average molecular weight is 334 g/mol. The molecular formula is C17H17ClFN3O. The van der Waals surface area contributed by atoms with Crippen LogP contribution in [0.15, 0.2) is 36.7 Å². The number of benzene rings is 1. The molecule has 1 aliphatic rings. The molecule has 120 valence electrons. The smallest absolute Gasteiger partial charge is 0.220 e. The number of carbonyl (C=O) groups is 1. The second kappa shape index (κ2) is 6.54. The van der Waals surface area contributed by atoms with Crippen molar-refractivity contribution in [1.29, 1.82) is 0 Å². The number of halogens is 2. The standard InChI is InChI=1S/C17H17ClFN3O/c18-15-10-21-9-14(11-1-3-13(19)4-2-11)16(15)22-7-5-12(6-8-22)17(20)23/h1-4,9-10,12H,5-8H2,(H2,20,23). The number of piperidine rings is 1. The lowest BCUT2D eigenvalue weighted by Crippen LogP contribution is -2.38. The zero-order valence-corrected chi connectivity index (χ0v) is 13.3. The molecule has 1 aliphatic heterocycles. The van der Waals surface area contributed by atoms with Crippen molar-refractivity contribution in [1.82, 2.24) is 4.98 Å². The molecule has 2 aromatic rings. The fourth-order valence-corrected chi connectivity index (χ4v) is 3.26. The minimum absolute atomic E-state index is 0.0823. The van der Waals surface area contributed by atoms with Gasteiger partial charge in [-0.05, 0) is 30.5 Å². The Morgan fingerprint density at radius 3 is 2.48 bits per heavy atom. The van der Waals surface area contributed by atoms with Gasteiger partial charge < -0.3 is 10.6 Å². The van der Waals surface area contributed by atoms with Crippen LogP contribution in [0, 0.1) is 11.7 Å². The predicted molar refractivity (Wildman–Crippen MR) is 88.8 cm³/mol. The summed E-state index contributed by atoms with van der Waals surface area (Å²) < 4.78 is 13.2. The van der Waals surface area contributed by atoms with Gasteiger partial charge in [0.25, 0.3) is 0 Å². The summed E-state index contributed by atoms with van der Waals surface area (Å²) in [6, 6.07) is 6.25. The highest BCUT2D eigenvalue weighted by atomic mass is 35.5. The number of aromatic nitrogens is 1. The van der Waals surface area contributed by atoms with E-state index < -0.39 is 0 Å². The largest absolute Gasteiger partial charge is 0.370 e. The van der Waals surface area contributed by atoms with Crippen molar-refractivity contribution in [3.8, 4) is 11.1 Å². The molecular weight excluding hydrogens is 317 g/mol. The van der Waals surface area contributed by atoms with E-state index in [1.54, 1.807) is 24.5 Å². The number of carbonyl (C=O) groups excluding carboxylic acids is 1. The van der Waals surface area contributed by atoms with Crippen LogP contribution >= 0.6 is 11.6 Å². The fourth-order valence-electron chi connectivity index (χ4n) is 2.98. The number of nitrogens with zero attached hydrogens (tertiary/aromatic N) is 2. The van der Waals surface area contributed by atoms with Gasteiger partial charge in [-0.25, -0.2) is 4.39 Å². The summed E-state index contributed by atoms with van der Waals surface area (Å²) in [5.41, 5.74) is 7.97. The Bertz CT molecular complexity index is 712. The van der Waals surface area contributed by atoms with Gasteiger partial charge in [-0.3, -0.25) is 9.78 Å². The van der Waals surface area contributed by atoms with Crippen molar-refractivity contribution in [2.45, 2.75) is 12.8 Å². The van der Waals surface area contributed by atoms with Gasteiger partial charge in [0, 0.05) is 37.0 Å². The van der Waals surface area contributed by atoms with E-state index in [0.717, 1.165) is 16.8 Å². The van der Waals surface area contributed by atoms with Gasteiger partial charge in [-0.1, -0.05) is 23.7 Å². The molecule has 0 bridgehead atoms. The summed E-state index contributed by atoms with van der Waals surface area (Å²) in [4.78, 5) is 17.6. The second-order valence-electron chi connectivity index (χ2n) is 5.69. The third-order valence-electron chi connectivity index (χ3n) is 4.24. The maximum Gasteiger partial charge on any atom is 0.220 e. The third kappa shape index (κ3) is 3.29. The van der Waals surface area contributed by atoms with E-state index in [9.17, 15) is 9.18 Å². The number of hydrogen-bond donors (Lipinski definition) is 1. The van der Waals surface area contributed by atoms with Crippen molar-refractivity contribution in [2.75, 3.05) is 18.0 Å². The summed E-state index contributed by atoms with van der Waals surface area (Å²) >= 11 is 6.37. The van der Waals surface area contributed by atoms with Crippen LogP contribution in [0.4, 0.5) is 10.1 Å². The average Bonchev–Trinajstić information content (AvgIpc) is 2.55. The molecule has 0 saturated carbocycles. The molecule has 2 heterocycles. The number of hydrogen-bond acceptors (Lipinski definition) is 3. The number of pyridine rings is 1. The Morgan fingerprint density at radius 1 is 1.22 bits per heavy atom. The Kier molecular flexibility index (Phi) is 4.48. The van der Waals surface area contributed by atoms with Crippen LogP contribution < -0.4 is 10.6 Å². The molecule has 0 atom stereocenters. The van der Waals surface area contributed by atoms with Crippen LogP contribution in [-0.4, -0.2) is 24.0 Å². The predicted octanol–water partition coefficient (Wildman–Crippen LogP) is 3.24. The Labute approximate surface area is 139 Å². The molecule has 1 aromatic heterocycles. The Hall–Kier alpha value is -2.14. The summed E-state index contributed by atoms with van der Waals surface area (Å²) in [6.45, 7) is 1.40. The van der Waals surface area contributed by atoms with Gasteiger partial charge in [-0.15, -0.1) is 0 Å². The van der Waals surface area contributed by atoms with E-state index in [-0.39, 0.29) is 17.6 Å². The Balaban J connectivity index is 1.93. The van der Waals surface area contributed by atoms with Crippen LogP contribution in [0.3, 0.4) is 0 Å². The van der Waals surface area contributed by atoms with Crippen LogP contribution in [-0.2, 0) is 4.79 Å². The van der Waals surface area contributed by atoms with Gasteiger partial charge in [0.05, 0.1) is 10.7 Å². The van der Waals surface area contributed by atoms with Gasteiger partial charge in [0.15, 0.2) is 0 Å². The lowest BCUT2D eigenvalue weighted by Gasteiger charge is -2.34. The van der Waals surface area contributed by atoms with Gasteiger partial charge in [0.1, 0.15) is 5.82 Å². The third-order valence-corrected chi connectivity index (χ3v) is 4.52. The van der Waals surface area contributed by atoms with Crippen molar-refractivity contribution in [2.24, 2.45) is 11.7 Å². The number of nitrogens with two attached hydrogens (primary N) is 1. The van der Waals surface area contributed by atoms with E-state index in [1.807, 2.05) is 0 Å². The summed E-state index contributed by atoms with van der Waals surface area (Å²) in [7, 11) is 0. The maximum atomic E-state index is 13.2. The van der Waals surface area contributed by atoms with E-state index in [1.165, 1.54) is 12.1 Å². The first-order valence-electron chi connectivity index (χ1n) is 7.50. The quantitative estimate of drug-likeness (QED) is 0.938. The van der Waals surface area contributed by atoms with E-state index in [4.69, 9.17) is 17.3 Å². The van der Waals surface area contributed by atoms with Crippen LogP contribution in [0.25, 0.3) is 11.1 Å². The van der Waals surface area contributed by atoms with E-state index in [2.05, 4.69) is 9.88 Å². The highest BCUT2D eigenvalue weighted by Gasteiger charge is 2.26. The molecule has 2 N–H and O–H groups in total. The van der Waals surface area contributed by atoms with Crippen molar-refractivity contribution >= 4 is 23.2 Å². The zero-order valence-electron chi connectivity index (χ0n) is 12.5. The number of rotatable bonds is 3. The molecule has 0 spiro atoms. The lowest BCUT2D eigenvalue weighted by atomic mass is 9.95. The molecule has 23 heavy (non-hydrogen) atoms. The molecule has 1 aromatic carbocycles. The SMILES string of the molecule is NC(=O)C1CCN(c2c(Cl)cncc2-c2ccc(F)cc2)CC1. The van der Waals surface area contributed by atoms with Gasteiger partial charge >= 0.3 is 0 Å². The molecule has 4 nitrogen and oxygen atoms in total. The molecule has 1 fully saturated rings. The topological polar surface area (TPSA) is 59.2 Å². The van der Waals surface area contributed by atoms with E-state index in [0.29, 0.717) is 31.0 Å². The lowest BCUT2D eigenvalue weighted by molar-refractivity contribution is -0.122. The van der Waals surface area contributed by atoms with Crippen molar-refractivity contribution in [3.63, 3.8) is 0 Å². The van der Waals surface area contributed by atoms with Crippen LogP contribution in [0.5, 0.6) is 0 Å². The fraction of sp³-hybridized carbons (Fsp3) is 0.294. The zero-order chi connectivity index (χ0) is 16.4. The number of primary amides is 1. The molecule has 1 amide bonds. The van der Waals surface area contributed by atoms with Gasteiger partial charge in [-0.2, -0.15) is 0 Å². The van der Waals surface area contributed by atoms with E-state index >= 15 is 0 Å². The van der Waals surface area contributed by atoms with Crippen LogP contribution in [0.1, 0.15) is 12.8 Å². The summed E-state index contributed by atoms with van der Waals surface area (Å²) in [5, 5.41) is 0.546. The normalized spacial score (nSPS) is 15.7. The minimum Gasteiger partial charge on any atom is -0.370 e. The molecule has 3 rings (SSSR count). The maximum absolute atomic E-state index is 13.2. The molecule has 6 heteroatoms. The first kappa shape index (κ1) is 15.7. The molecule has 0 radical (unpaired) electrons. The molecule has 0 unspecified atom stereocenters. The van der Waals surface area contributed by atoms with Gasteiger partial charge in [0.2, 0.25) is 5.91 Å². The van der Waals surface area contributed by atoms with Crippen molar-refractivity contribution < 1.29 is 9.18 Å². The first-order chi connectivity index (χ1) is 11.1.